The first-order valence-electron chi connectivity index (χ1n) is 6.09. The standard InChI is InChI=1S/C11H14N4OS2/c17-11-14-13-9(16-11)8-7-12-10(18-8)15-5-3-1-2-4-6-15/h7H,1-6H2,(H,14,17). The highest BCUT2D eigenvalue weighted by Crippen LogP contribution is 2.31. The number of aromatic amines is 1. The summed E-state index contributed by atoms with van der Waals surface area (Å²) in [6, 6.07) is 0. The highest BCUT2D eigenvalue weighted by Gasteiger charge is 2.15. The summed E-state index contributed by atoms with van der Waals surface area (Å²) >= 11 is 6.48. The van der Waals surface area contributed by atoms with Gasteiger partial charge < -0.3 is 9.32 Å². The van der Waals surface area contributed by atoms with Gasteiger partial charge in [0.2, 0.25) is 0 Å². The molecule has 1 fully saturated rings. The van der Waals surface area contributed by atoms with Crippen LogP contribution in [-0.2, 0) is 0 Å². The third-order valence-electron chi connectivity index (χ3n) is 3.02. The van der Waals surface area contributed by atoms with E-state index in [1.807, 2.05) is 0 Å². The second kappa shape index (κ2) is 5.19. The lowest BCUT2D eigenvalue weighted by Gasteiger charge is -2.18. The Morgan fingerprint density at radius 2 is 2.06 bits per heavy atom. The third kappa shape index (κ3) is 2.46. The number of rotatable bonds is 2. The lowest BCUT2D eigenvalue weighted by molar-refractivity contribution is 0.553. The normalized spacial score (nSPS) is 16.8. The van der Waals surface area contributed by atoms with Gasteiger partial charge in [0, 0.05) is 13.1 Å². The van der Waals surface area contributed by atoms with E-state index in [0.29, 0.717) is 10.7 Å². The zero-order valence-corrected chi connectivity index (χ0v) is 11.5. The molecule has 7 heteroatoms. The van der Waals surface area contributed by atoms with Crippen LogP contribution in [0.3, 0.4) is 0 Å². The summed E-state index contributed by atoms with van der Waals surface area (Å²) in [5.41, 5.74) is 0. The van der Waals surface area contributed by atoms with Gasteiger partial charge in [-0.2, -0.15) is 0 Å². The van der Waals surface area contributed by atoms with Crippen molar-refractivity contribution in [1.29, 1.82) is 0 Å². The minimum absolute atomic E-state index is 0.301. The molecule has 0 spiro atoms. The van der Waals surface area contributed by atoms with E-state index in [0.717, 1.165) is 23.1 Å². The molecule has 3 heterocycles. The largest absolute Gasteiger partial charge is 0.408 e. The molecule has 5 nitrogen and oxygen atoms in total. The molecule has 0 aromatic carbocycles. The van der Waals surface area contributed by atoms with Crippen molar-refractivity contribution < 1.29 is 4.42 Å². The number of H-pyrrole nitrogens is 1. The van der Waals surface area contributed by atoms with Gasteiger partial charge in [-0.05, 0) is 25.1 Å². The Bertz CT molecular complexity index is 565. The van der Waals surface area contributed by atoms with Crippen molar-refractivity contribution in [2.75, 3.05) is 18.0 Å². The third-order valence-corrected chi connectivity index (χ3v) is 4.24. The maximum absolute atomic E-state index is 5.29. The molecule has 2 aromatic rings. The van der Waals surface area contributed by atoms with Crippen molar-refractivity contribution in [3.05, 3.63) is 11.0 Å². The smallest absolute Gasteiger partial charge is 0.284 e. The second-order valence-corrected chi connectivity index (χ2v) is 5.71. The molecule has 0 unspecified atom stereocenters. The van der Waals surface area contributed by atoms with Gasteiger partial charge in [0.1, 0.15) is 4.88 Å². The van der Waals surface area contributed by atoms with Crippen LogP contribution in [0, 0.1) is 4.84 Å². The van der Waals surface area contributed by atoms with Gasteiger partial charge in [0.05, 0.1) is 6.20 Å². The van der Waals surface area contributed by atoms with Gasteiger partial charge in [-0.25, -0.2) is 10.1 Å². The molecule has 18 heavy (non-hydrogen) atoms. The predicted molar refractivity (Wildman–Crippen MR) is 73.5 cm³/mol. The molecule has 1 aliphatic heterocycles. The summed E-state index contributed by atoms with van der Waals surface area (Å²) in [4.78, 5) is 8.03. The predicted octanol–water partition coefficient (Wildman–Crippen LogP) is 3.24. The summed E-state index contributed by atoms with van der Waals surface area (Å²) in [5.74, 6) is 0.526. The minimum Gasteiger partial charge on any atom is -0.408 e. The molecule has 0 amide bonds. The van der Waals surface area contributed by atoms with E-state index >= 15 is 0 Å². The van der Waals surface area contributed by atoms with Crippen LogP contribution in [0.2, 0.25) is 0 Å². The molecule has 1 aliphatic rings. The van der Waals surface area contributed by atoms with E-state index in [4.69, 9.17) is 16.6 Å². The van der Waals surface area contributed by atoms with Gasteiger partial charge in [0.25, 0.3) is 10.7 Å². The van der Waals surface area contributed by atoms with Gasteiger partial charge >= 0.3 is 0 Å². The Labute approximate surface area is 114 Å². The van der Waals surface area contributed by atoms with Crippen molar-refractivity contribution in [1.82, 2.24) is 15.2 Å². The van der Waals surface area contributed by atoms with Crippen LogP contribution < -0.4 is 4.90 Å². The molecule has 0 atom stereocenters. The molecular weight excluding hydrogens is 268 g/mol. The minimum atomic E-state index is 0.301. The molecule has 1 saturated heterocycles. The van der Waals surface area contributed by atoms with Gasteiger partial charge in [-0.3, -0.25) is 0 Å². The van der Waals surface area contributed by atoms with E-state index in [1.165, 1.54) is 25.7 Å². The number of nitrogens with zero attached hydrogens (tertiary/aromatic N) is 3. The fourth-order valence-electron chi connectivity index (χ4n) is 2.11. The number of nitrogens with one attached hydrogen (secondary N) is 1. The molecule has 0 bridgehead atoms. The van der Waals surface area contributed by atoms with Crippen LogP contribution >= 0.6 is 23.6 Å². The number of thiazole rings is 1. The second-order valence-electron chi connectivity index (χ2n) is 4.33. The van der Waals surface area contributed by atoms with Crippen molar-refractivity contribution >= 4 is 28.7 Å². The first-order valence-corrected chi connectivity index (χ1v) is 7.32. The van der Waals surface area contributed by atoms with Crippen LogP contribution in [0.15, 0.2) is 10.6 Å². The highest BCUT2D eigenvalue weighted by molar-refractivity contribution is 7.71. The summed E-state index contributed by atoms with van der Waals surface area (Å²) in [7, 11) is 0. The summed E-state index contributed by atoms with van der Waals surface area (Å²) in [6.45, 7) is 2.19. The average Bonchev–Trinajstić information content (AvgIpc) is 2.92. The Hall–Kier alpha value is -1.21. The van der Waals surface area contributed by atoms with Crippen molar-refractivity contribution in [2.45, 2.75) is 25.7 Å². The van der Waals surface area contributed by atoms with Gasteiger partial charge in [-0.15, -0.1) is 5.10 Å². The summed E-state index contributed by atoms with van der Waals surface area (Å²) < 4.78 is 5.29. The van der Waals surface area contributed by atoms with Crippen molar-refractivity contribution in [3.63, 3.8) is 0 Å². The SMILES string of the molecule is S=c1[nH]nc(-c2cnc(N3CCCCCC3)s2)o1. The Morgan fingerprint density at radius 1 is 1.28 bits per heavy atom. The number of hydrogen-bond acceptors (Lipinski definition) is 6. The van der Waals surface area contributed by atoms with Crippen LogP contribution in [0.5, 0.6) is 0 Å². The lowest BCUT2D eigenvalue weighted by Crippen LogP contribution is -2.23. The topological polar surface area (TPSA) is 58.0 Å². The first-order chi connectivity index (χ1) is 8.83. The average molecular weight is 282 g/mol. The first kappa shape index (κ1) is 11.9. The molecule has 1 N–H and O–H groups in total. The van der Waals surface area contributed by atoms with E-state index in [-0.39, 0.29) is 0 Å². The van der Waals surface area contributed by atoms with E-state index in [9.17, 15) is 0 Å². The maximum atomic E-state index is 5.29. The monoisotopic (exact) mass is 282 g/mol. The lowest BCUT2D eigenvalue weighted by atomic mass is 10.2. The zero-order chi connectivity index (χ0) is 12.4. The summed E-state index contributed by atoms with van der Waals surface area (Å²) in [6.07, 6.45) is 6.95. The molecule has 0 saturated carbocycles. The Balaban J connectivity index is 1.82. The van der Waals surface area contributed by atoms with E-state index in [1.54, 1.807) is 17.5 Å². The fourth-order valence-corrected chi connectivity index (χ4v) is 3.13. The Morgan fingerprint density at radius 3 is 2.72 bits per heavy atom. The van der Waals surface area contributed by atoms with Gasteiger partial charge in [-0.1, -0.05) is 24.2 Å². The number of anilines is 1. The van der Waals surface area contributed by atoms with Crippen LogP contribution in [0.4, 0.5) is 5.13 Å². The molecule has 3 rings (SSSR count). The zero-order valence-electron chi connectivity index (χ0n) is 9.89. The highest BCUT2D eigenvalue weighted by atomic mass is 32.1. The van der Waals surface area contributed by atoms with Crippen molar-refractivity contribution in [2.24, 2.45) is 0 Å². The molecular formula is C11H14N4OS2. The number of aromatic nitrogens is 3. The van der Waals surface area contributed by atoms with E-state index < -0.39 is 0 Å². The molecule has 0 aliphatic carbocycles. The van der Waals surface area contributed by atoms with Gasteiger partial charge in [0.15, 0.2) is 5.13 Å². The molecule has 0 radical (unpaired) electrons. The summed E-state index contributed by atoms with van der Waals surface area (Å²) in [5, 5.41) is 7.70. The Kier molecular flexibility index (Phi) is 3.42. The quantitative estimate of drug-likeness (QED) is 0.857. The van der Waals surface area contributed by atoms with Crippen LogP contribution in [0.1, 0.15) is 25.7 Å². The van der Waals surface area contributed by atoms with Crippen LogP contribution in [0.25, 0.3) is 10.8 Å². The van der Waals surface area contributed by atoms with E-state index in [2.05, 4.69) is 20.1 Å². The van der Waals surface area contributed by atoms with Crippen LogP contribution in [-0.4, -0.2) is 28.3 Å². The molecule has 2 aromatic heterocycles. The van der Waals surface area contributed by atoms with Crippen molar-refractivity contribution in [3.8, 4) is 10.8 Å². The molecule has 96 valence electrons. The maximum Gasteiger partial charge on any atom is 0.284 e. The fraction of sp³-hybridized carbons (Fsp3) is 0.545. The number of hydrogen-bond donors (Lipinski definition) is 1.